The number of benzene rings is 1. The monoisotopic (exact) mass is 272 g/mol. The van der Waals surface area contributed by atoms with Crippen LogP contribution in [0.4, 0.5) is 5.82 Å². The van der Waals surface area contributed by atoms with E-state index in [1.807, 2.05) is 11.7 Å². The number of nitrogens with zero attached hydrogens (tertiary/aromatic N) is 4. The lowest BCUT2D eigenvalue weighted by molar-refractivity contribution is 0.312. The molecule has 1 aromatic heterocycles. The summed E-state index contributed by atoms with van der Waals surface area (Å²) in [5.74, 6) is 1.71. The molecule has 4 heteroatoms. The Balaban J connectivity index is 2.03. The van der Waals surface area contributed by atoms with Crippen LogP contribution in [0.1, 0.15) is 25.3 Å². The fourth-order valence-corrected chi connectivity index (χ4v) is 2.88. The van der Waals surface area contributed by atoms with Crippen LogP contribution in [-0.2, 0) is 7.05 Å². The van der Waals surface area contributed by atoms with Crippen LogP contribution in [-0.4, -0.2) is 47.9 Å². The van der Waals surface area contributed by atoms with Gasteiger partial charge in [0, 0.05) is 38.6 Å². The molecule has 108 valence electrons. The summed E-state index contributed by atoms with van der Waals surface area (Å²) in [7, 11) is 4.22. The van der Waals surface area contributed by atoms with Crippen LogP contribution in [0.3, 0.4) is 0 Å². The maximum absolute atomic E-state index is 4.76. The summed E-state index contributed by atoms with van der Waals surface area (Å²) in [5.41, 5.74) is 2.62. The zero-order valence-electron chi connectivity index (χ0n) is 12.9. The van der Waals surface area contributed by atoms with Crippen molar-refractivity contribution in [3.63, 3.8) is 0 Å². The van der Waals surface area contributed by atoms with E-state index >= 15 is 0 Å². The van der Waals surface area contributed by atoms with E-state index in [1.54, 1.807) is 0 Å². The van der Waals surface area contributed by atoms with Crippen LogP contribution in [0, 0.1) is 0 Å². The first-order chi connectivity index (χ1) is 9.56. The maximum Gasteiger partial charge on any atom is 0.158 e. The van der Waals surface area contributed by atoms with E-state index < -0.39 is 0 Å². The Labute approximate surface area is 121 Å². The van der Waals surface area contributed by atoms with Crippen molar-refractivity contribution in [1.82, 2.24) is 14.7 Å². The lowest BCUT2D eigenvalue weighted by atomic mass is 10.0. The highest BCUT2D eigenvalue weighted by Gasteiger charge is 2.20. The van der Waals surface area contributed by atoms with Gasteiger partial charge in [0.15, 0.2) is 5.82 Å². The Hall–Kier alpha value is -1.55. The van der Waals surface area contributed by atoms with Gasteiger partial charge in [0.2, 0.25) is 0 Å². The third-order valence-electron chi connectivity index (χ3n) is 4.32. The Morgan fingerprint density at radius 1 is 1.05 bits per heavy atom. The predicted octanol–water partition coefficient (Wildman–Crippen LogP) is 2.45. The lowest BCUT2D eigenvalue weighted by Crippen LogP contribution is -2.44. The number of likely N-dealkylation sites (N-methyl/N-ethyl adjacent to an activating group) is 1. The second-order valence-electron chi connectivity index (χ2n) is 6.17. The molecular weight excluding hydrogens is 248 g/mol. The van der Waals surface area contributed by atoms with E-state index in [2.05, 4.69) is 48.9 Å². The van der Waals surface area contributed by atoms with Crippen LogP contribution in [0.5, 0.6) is 0 Å². The van der Waals surface area contributed by atoms with Crippen LogP contribution in [0.2, 0.25) is 0 Å². The highest BCUT2D eigenvalue weighted by molar-refractivity contribution is 5.91. The number of hydrogen-bond acceptors (Lipinski definition) is 3. The fraction of sp³-hybridized carbons (Fsp3) is 0.562. The van der Waals surface area contributed by atoms with Crippen molar-refractivity contribution in [2.24, 2.45) is 7.05 Å². The zero-order chi connectivity index (χ0) is 14.3. The van der Waals surface area contributed by atoms with E-state index in [4.69, 9.17) is 5.10 Å². The second-order valence-corrected chi connectivity index (χ2v) is 6.17. The summed E-state index contributed by atoms with van der Waals surface area (Å²) in [4.78, 5) is 4.80. The summed E-state index contributed by atoms with van der Waals surface area (Å²) in [6.45, 7) is 8.84. The number of aromatic nitrogens is 2. The van der Waals surface area contributed by atoms with Gasteiger partial charge in [-0.15, -0.1) is 0 Å². The summed E-state index contributed by atoms with van der Waals surface area (Å²) in [5, 5.41) is 6.06. The highest BCUT2D eigenvalue weighted by atomic mass is 15.4. The van der Waals surface area contributed by atoms with Crippen LogP contribution >= 0.6 is 0 Å². The van der Waals surface area contributed by atoms with Crippen molar-refractivity contribution in [3.05, 3.63) is 23.8 Å². The minimum Gasteiger partial charge on any atom is -0.352 e. The molecule has 0 N–H and O–H groups in total. The van der Waals surface area contributed by atoms with E-state index in [0.29, 0.717) is 5.92 Å². The van der Waals surface area contributed by atoms with Crippen LogP contribution < -0.4 is 4.90 Å². The molecule has 0 amide bonds. The van der Waals surface area contributed by atoms with E-state index in [9.17, 15) is 0 Å². The highest BCUT2D eigenvalue weighted by Crippen LogP contribution is 2.29. The van der Waals surface area contributed by atoms with Gasteiger partial charge in [-0.05, 0) is 30.7 Å². The first-order valence-electron chi connectivity index (χ1n) is 7.46. The summed E-state index contributed by atoms with van der Waals surface area (Å²) >= 11 is 0. The first-order valence-corrected chi connectivity index (χ1v) is 7.46. The van der Waals surface area contributed by atoms with Gasteiger partial charge in [-0.25, -0.2) is 0 Å². The number of hydrogen-bond donors (Lipinski definition) is 0. The number of aryl methyl sites for hydroxylation is 1. The van der Waals surface area contributed by atoms with Crippen molar-refractivity contribution >= 4 is 16.7 Å². The molecule has 1 fully saturated rings. The normalized spacial score (nSPS) is 17.4. The van der Waals surface area contributed by atoms with E-state index in [0.717, 1.165) is 32.0 Å². The fourth-order valence-electron chi connectivity index (χ4n) is 2.88. The van der Waals surface area contributed by atoms with Crippen LogP contribution in [0.25, 0.3) is 10.9 Å². The van der Waals surface area contributed by atoms with Gasteiger partial charge in [0.1, 0.15) is 0 Å². The topological polar surface area (TPSA) is 24.3 Å². The zero-order valence-corrected chi connectivity index (χ0v) is 12.9. The van der Waals surface area contributed by atoms with Gasteiger partial charge >= 0.3 is 0 Å². The van der Waals surface area contributed by atoms with Crippen molar-refractivity contribution in [1.29, 1.82) is 0 Å². The standard InChI is InChI=1S/C16H24N4/c1-12(2)13-5-6-15-14(11-13)16(17-19(15)4)20-9-7-18(3)8-10-20/h5-6,11-12H,7-10H2,1-4H3. The third kappa shape index (κ3) is 2.29. The SMILES string of the molecule is CC(C)c1ccc2c(c1)c(N1CCN(C)CC1)nn2C. The Morgan fingerprint density at radius 3 is 2.40 bits per heavy atom. The summed E-state index contributed by atoms with van der Waals surface area (Å²) < 4.78 is 2.01. The van der Waals surface area contributed by atoms with E-state index in [-0.39, 0.29) is 0 Å². The molecule has 0 bridgehead atoms. The van der Waals surface area contributed by atoms with Gasteiger partial charge < -0.3 is 9.80 Å². The molecule has 0 spiro atoms. The molecule has 0 unspecified atom stereocenters. The Morgan fingerprint density at radius 2 is 1.75 bits per heavy atom. The minimum absolute atomic E-state index is 0.556. The number of rotatable bonds is 2. The van der Waals surface area contributed by atoms with Gasteiger partial charge in [0.05, 0.1) is 5.52 Å². The van der Waals surface area contributed by atoms with Gasteiger partial charge in [0.25, 0.3) is 0 Å². The summed E-state index contributed by atoms with van der Waals surface area (Å²) in [6.07, 6.45) is 0. The maximum atomic E-state index is 4.76. The molecule has 1 saturated heterocycles. The Kier molecular flexibility index (Phi) is 3.42. The van der Waals surface area contributed by atoms with Crippen molar-refractivity contribution < 1.29 is 0 Å². The van der Waals surface area contributed by atoms with Gasteiger partial charge in [-0.3, -0.25) is 4.68 Å². The van der Waals surface area contributed by atoms with E-state index in [1.165, 1.54) is 16.5 Å². The van der Waals surface area contributed by atoms with Crippen molar-refractivity contribution in [2.45, 2.75) is 19.8 Å². The molecule has 1 aliphatic heterocycles. The largest absolute Gasteiger partial charge is 0.352 e. The van der Waals surface area contributed by atoms with Crippen molar-refractivity contribution in [3.8, 4) is 0 Å². The second kappa shape index (κ2) is 5.09. The molecule has 2 aromatic rings. The molecule has 0 aliphatic carbocycles. The van der Waals surface area contributed by atoms with Gasteiger partial charge in [-0.2, -0.15) is 5.10 Å². The molecule has 0 atom stereocenters. The average molecular weight is 272 g/mol. The number of anilines is 1. The summed E-state index contributed by atoms with van der Waals surface area (Å²) in [6, 6.07) is 6.75. The lowest BCUT2D eigenvalue weighted by Gasteiger charge is -2.32. The molecule has 0 saturated carbocycles. The minimum atomic E-state index is 0.556. The third-order valence-corrected chi connectivity index (χ3v) is 4.32. The predicted molar refractivity (Wildman–Crippen MR) is 84.5 cm³/mol. The molecule has 3 rings (SSSR count). The molecule has 4 nitrogen and oxygen atoms in total. The molecule has 0 radical (unpaired) electrons. The van der Waals surface area contributed by atoms with Crippen LogP contribution in [0.15, 0.2) is 18.2 Å². The molecule has 1 aliphatic rings. The molecule has 20 heavy (non-hydrogen) atoms. The van der Waals surface area contributed by atoms with Crippen molar-refractivity contribution in [2.75, 3.05) is 38.1 Å². The number of fused-ring (bicyclic) bond motifs is 1. The van der Waals surface area contributed by atoms with Gasteiger partial charge in [-0.1, -0.05) is 19.9 Å². The average Bonchev–Trinajstić information content (AvgIpc) is 2.76. The first kappa shape index (κ1) is 13.4. The molecule has 2 heterocycles. The Bertz CT molecular complexity index is 606. The molecular formula is C16H24N4. The quantitative estimate of drug-likeness (QED) is 0.839. The number of piperazine rings is 1. The smallest absolute Gasteiger partial charge is 0.158 e. The molecule has 1 aromatic carbocycles.